The van der Waals surface area contributed by atoms with Gasteiger partial charge in [-0.05, 0) is 19.1 Å². The fraction of sp³-hybridized carbons (Fsp3) is 0.353. The van der Waals surface area contributed by atoms with E-state index in [9.17, 15) is 4.79 Å². The molecule has 9 nitrogen and oxygen atoms in total. The lowest BCUT2D eigenvalue weighted by molar-refractivity contribution is -0.118. The third-order valence-electron chi connectivity index (χ3n) is 3.26. The number of nitrogens with zero attached hydrogens (tertiary/aromatic N) is 3. The largest absolute Gasteiger partial charge is 0.378 e. The molecular formula is C17H23N7O2S. The van der Waals surface area contributed by atoms with Gasteiger partial charge < -0.3 is 25.7 Å². The number of methoxy groups -OCH3 is 1. The number of amides is 1. The summed E-state index contributed by atoms with van der Waals surface area (Å²) in [6.07, 6.45) is 1.76. The van der Waals surface area contributed by atoms with Crippen LogP contribution in [0, 0.1) is 4.64 Å². The first-order chi connectivity index (χ1) is 13.0. The molecular weight excluding hydrogens is 366 g/mol. The van der Waals surface area contributed by atoms with Gasteiger partial charge in [-0.3, -0.25) is 4.79 Å². The van der Waals surface area contributed by atoms with Gasteiger partial charge in [0.15, 0.2) is 5.82 Å². The van der Waals surface area contributed by atoms with E-state index in [0.29, 0.717) is 47.6 Å². The van der Waals surface area contributed by atoms with Crippen LogP contribution in [0.5, 0.6) is 0 Å². The fourth-order valence-corrected chi connectivity index (χ4v) is 2.36. The maximum Gasteiger partial charge on any atom is 0.225 e. The molecule has 1 amide bonds. The zero-order chi connectivity index (χ0) is 19.6. The van der Waals surface area contributed by atoms with Gasteiger partial charge in [0.25, 0.3) is 0 Å². The highest BCUT2D eigenvalue weighted by atomic mass is 32.1. The highest BCUT2D eigenvalue weighted by Crippen LogP contribution is 2.15. The lowest BCUT2D eigenvalue weighted by Gasteiger charge is -2.09. The van der Waals surface area contributed by atoms with Crippen molar-refractivity contribution >= 4 is 41.4 Å². The third-order valence-corrected chi connectivity index (χ3v) is 3.59. The van der Waals surface area contributed by atoms with E-state index in [1.165, 1.54) is 6.92 Å². The number of aromatic amines is 1. The topological polar surface area (TPSA) is 116 Å². The van der Waals surface area contributed by atoms with Crippen LogP contribution in [0.2, 0.25) is 0 Å². The Labute approximate surface area is 162 Å². The molecule has 27 heavy (non-hydrogen) atoms. The van der Waals surface area contributed by atoms with Gasteiger partial charge in [-0.15, -0.1) is 0 Å². The molecule has 0 aromatic carbocycles. The van der Waals surface area contributed by atoms with Crippen LogP contribution in [0.1, 0.15) is 19.5 Å². The minimum absolute atomic E-state index is 0.0860. The normalized spacial score (nSPS) is 11.1. The van der Waals surface area contributed by atoms with E-state index >= 15 is 0 Å². The molecule has 144 valence electrons. The van der Waals surface area contributed by atoms with Gasteiger partial charge in [0.05, 0.1) is 18.0 Å². The average Bonchev–Trinajstić information content (AvgIpc) is 2.61. The Hall–Kier alpha value is -2.85. The van der Waals surface area contributed by atoms with E-state index in [4.69, 9.17) is 17.0 Å². The SMILES string of the molecule is COCc1cc(N=C(C)Nc2ccc[nH]c2=S)nc(NCCNC(C)=O)n1. The molecule has 0 radical (unpaired) electrons. The van der Waals surface area contributed by atoms with E-state index in [1.54, 1.807) is 19.4 Å². The Balaban J connectivity index is 2.14. The van der Waals surface area contributed by atoms with E-state index < -0.39 is 0 Å². The van der Waals surface area contributed by atoms with E-state index in [1.807, 2.05) is 19.1 Å². The molecule has 0 saturated heterocycles. The number of aliphatic imine (C=N–C) groups is 1. The number of H-pyrrole nitrogens is 1. The summed E-state index contributed by atoms with van der Waals surface area (Å²) in [5.41, 5.74) is 1.45. The number of pyridine rings is 1. The molecule has 4 N–H and O–H groups in total. The van der Waals surface area contributed by atoms with Gasteiger partial charge in [-0.2, -0.15) is 4.98 Å². The predicted molar refractivity (Wildman–Crippen MR) is 108 cm³/mol. The first-order valence-corrected chi connectivity index (χ1v) is 8.74. The number of aromatic nitrogens is 3. The Kier molecular flexibility index (Phi) is 7.83. The summed E-state index contributed by atoms with van der Waals surface area (Å²) in [6, 6.07) is 5.46. The summed E-state index contributed by atoms with van der Waals surface area (Å²) in [7, 11) is 1.60. The molecule has 0 aliphatic heterocycles. The molecule has 10 heteroatoms. The Morgan fingerprint density at radius 3 is 2.85 bits per heavy atom. The number of ether oxygens (including phenoxy) is 1. The van der Waals surface area contributed by atoms with Crippen molar-refractivity contribution in [1.29, 1.82) is 0 Å². The second-order valence-corrected chi connectivity index (χ2v) is 6.03. The van der Waals surface area contributed by atoms with E-state index in [-0.39, 0.29) is 5.91 Å². The number of anilines is 2. The molecule has 0 aliphatic rings. The molecule has 2 aromatic heterocycles. The molecule has 2 aromatic rings. The van der Waals surface area contributed by atoms with Gasteiger partial charge in [-0.1, -0.05) is 12.2 Å². The Bertz CT molecular complexity index is 866. The minimum Gasteiger partial charge on any atom is -0.378 e. The summed E-state index contributed by atoms with van der Waals surface area (Å²) >= 11 is 5.23. The maximum atomic E-state index is 10.9. The number of hydrogen-bond donors (Lipinski definition) is 4. The standard InChI is InChI=1S/C17H23N7O2S/c1-11(21-14-5-4-6-19-16(14)27)22-15-9-13(10-26-3)23-17(24-15)20-8-7-18-12(2)25/h4-6,9H,7-8,10H2,1-3H3,(H,18,25)(H,19,27)(H2,20,21,22,23,24). The summed E-state index contributed by atoms with van der Waals surface area (Å²) in [4.78, 5) is 27.1. The second kappa shape index (κ2) is 10.3. The Morgan fingerprint density at radius 1 is 1.33 bits per heavy atom. The highest BCUT2D eigenvalue weighted by Gasteiger charge is 2.05. The van der Waals surface area contributed by atoms with Gasteiger partial charge in [0, 0.05) is 39.4 Å². The van der Waals surface area contributed by atoms with Crippen molar-refractivity contribution in [2.45, 2.75) is 20.5 Å². The second-order valence-electron chi connectivity index (χ2n) is 5.62. The van der Waals surface area contributed by atoms with Crippen molar-refractivity contribution in [2.75, 3.05) is 30.8 Å². The molecule has 0 spiro atoms. The van der Waals surface area contributed by atoms with Crippen LogP contribution in [0.25, 0.3) is 0 Å². The molecule has 0 atom stereocenters. The number of carbonyl (C=O) groups excluding carboxylic acids is 1. The lowest BCUT2D eigenvalue weighted by atomic mass is 10.4. The molecule has 2 heterocycles. The zero-order valence-corrected chi connectivity index (χ0v) is 16.3. The van der Waals surface area contributed by atoms with Gasteiger partial charge in [0.1, 0.15) is 10.5 Å². The molecule has 0 saturated carbocycles. The molecule has 0 unspecified atom stereocenters. The van der Waals surface area contributed by atoms with Crippen LogP contribution in [0.3, 0.4) is 0 Å². The molecule has 0 fully saturated rings. The van der Waals surface area contributed by atoms with Crippen molar-refractivity contribution in [3.8, 4) is 0 Å². The van der Waals surface area contributed by atoms with E-state index in [0.717, 1.165) is 5.69 Å². The van der Waals surface area contributed by atoms with Crippen LogP contribution in [0.4, 0.5) is 17.5 Å². The molecule has 0 aliphatic carbocycles. The summed E-state index contributed by atoms with van der Waals surface area (Å²) < 4.78 is 5.75. The van der Waals surface area contributed by atoms with Crippen LogP contribution >= 0.6 is 12.2 Å². The van der Waals surface area contributed by atoms with Gasteiger partial charge >= 0.3 is 0 Å². The van der Waals surface area contributed by atoms with Crippen molar-refractivity contribution in [1.82, 2.24) is 20.3 Å². The monoisotopic (exact) mass is 389 g/mol. The molecule has 2 rings (SSSR count). The maximum absolute atomic E-state index is 10.9. The minimum atomic E-state index is -0.0860. The van der Waals surface area contributed by atoms with Crippen molar-refractivity contribution in [2.24, 2.45) is 4.99 Å². The van der Waals surface area contributed by atoms with Crippen LogP contribution in [0.15, 0.2) is 29.4 Å². The van der Waals surface area contributed by atoms with Gasteiger partial charge in [0.2, 0.25) is 11.9 Å². The Morgan fingerprint density at radius 2 is 2.15 bits per heavy atom. The summed E-state index contributed by atoms with van der Waals surface area (Å²) in [5.74, 6) is 1.44. The van der Waals surface area contributed by atoms with Crippen molar-refractivity contribution in [3.05, 3.63) is 34.7 Å². The summed E-state index contributed by atoms with van der Waals surface area (Å²) in [6.45, 7) is 4.59. The van der Waals surface area contributed by atoms with Crippen molar-refractivity contribution < 1.29 is 9.53 Å². The quantitative estimate of drug-likeness (QED) is 0.237. The number of carbonyl (C=O) groups is 1. The zero-order valence-electron chi connectivity index (χ0n) is 15.5. The number of amidine groups is 1. The average molecular weight is 389 g/mol. The third kappa shape index (κ3) is 7.12. The molecule has 0 bridgehead atoms. The fourth-order valence-electron chi connectivity index (χ4n) is 2.17. The van der Waals surface area contributed by atoms with E-state index in [2.05, 4.69) is 35.9 Å². The lowest BCUT2D eigenvalue weighted by Crippen LogP contribution is -2.26. The first-order valence-electron chi connectivity index (χ1n) is 8.33. The van der Waals surface area contributed by atoms with Crippen LogP contribution in [-0.2, 0) is 16.1 Å². The van der Waals surface area contributed by atoms with Crippen molar-refractivity contribution in [3.63, 3.8) is 0 Å². The number of nitrogens with one attached hydrogen (secondary N) is 4. The van der Waals surface area contributed by atoms with Gasteiger partial charge in [-0.25, -0.2) is 9.98 Å². The highest BCUT2D eigenvalue weighted by molar-refractivity contribution is 7.71. The number of hydrogen-bond acceptors (Lipinski definition) is 7. The van der Waals surface area contributed by atoms with Crippen LogP contribution in [-0.4, -0.2) is 46.9 Å². The summed E-state index contributed by atoms with van der Waals surface area (Å²) in [5, 5.41) is 8.92. The predicted octanol–water partition coefficient (Wildman–Crippen LogP) is 2.39. The first kappa shape index (κ1) is 20.5. The number of rotatable bonds is 8. The smallest absolute Gasteiger partial charge is 0.225 e. The van der Waals surface area contributed by atoms with Crippen LogP contribution < -0.4 is 16.0 Å².